The van der Waals surface area contributed by atoms with E-state index in [9.17, 15) is 8.78 Å². The van der Waals surface area contributed by atoms with Gasteiger partial charge in [0.1, 0.15) is 0 Å². The van der Waals surface area contributed by atoms with Crippen LogP contribution in [0.2, 0.25) is 0 Å². The van der Waals surface area contributed by atoms with Crippen LogP contribution in [0.3, 0.4) is 0 Å². The van der Waals surface area contributed by atoms with E-state index in [4.69, 9.17) is 0 Å². The highest BCUT2D eigenvalue weighted by Crippen LogP contribution is 2.26. The summed E-state index contributed by atoms with van der Waals surface area (Å²) in [7, 11) is 1.73. The van der Waals surface area contributed by atoms with Crippen LogP contribution in [0.25, 0.3) is 0 Å². The van der Waals surface area contributed by atoms with Crippen LogP contribution < -0.4 is 5.32 Å². The summed E-state index contributed by atoms with van der Waals surface area (Å²) in [5.41, 5.74) is 1.28. The van der Waals surface area contributed by atoms with Gasteiger partial charge in [-0.25, -0.2) is 8.78 Å². The Morgan fingerprint density at radius 3 is 2.69 bits per heavy atom. The van der Waals surface area contributed by atoms with Gasteiger partial charge in [0.25, 0.3) is 0 Å². The van der Waals surface area contributed by atoms with Crippen molar-refractivity contribution in [1.82, 2.24) is 5.32 Å². The maximum atomic E-state index is 13.6. The van der Waals surface area contributed by atoms with Crippen molar-refractivity contribution < 1.29 is 8.78 Å². The minimum Gasteiger partial charge on any atom is -0.309 e. The standard InChI is InChI=1S/C12H11F2NS/c1-15-12(8-5-6-16-7-8)9-3-2-4-10(13)11(9)14/h2-7,12,15H,1H3. The van der Waals surface area contributed by atoms with Gasteiger partial charge in [-0.15, -0.1) is 0 Å². The van der Waals surface area contributed by atoms with Gasteiger partial charge in [-0.3, -0.25) is 0 Å². The molecule has 1 heterocycles. The first-order chi connectivity index (χ1) is 7.74. The minimum atomic E-state index is -0.812. The molecule has 4 heteroatoms. The SMILES string of the molecule is CNC(c1ccsc1)c1cccc(F)c1F. The molecule has 2 aromatic rings. The molecule has 0 spiro atoms. The molecule has 1 aromatic heterocycles. The summed E-state index contributed by atoms with van der Waals surface area (Å²) < 4.78 is 26.7. The quantitative estimate of drug-likeness (QED) is 0.866. The van der Waals surface area contributed by atoms with Gasteiger partial charge in [0.2, 0.25) is 0 Å². The van der Waals surface area contributed by atoms with Gasteiger partial charge < -0.3 is 5.32 Å². The predicted octanol–water partition coefficient (Wildman–Crippen LogP) is 3.34. The molecule has 0 saturated carbocycles. The van der Waals surface area contributed by atoms with Gasteiger partial charge in [-0.2, -0.15) is 11.3 Å². The van der Waals surface area contributed by atoms with Crippen molar-refractivity contribution in [3.63, 3.8) is 0 Å². The minimum absolute atomic E-state index is 0.304. The summed E-state index contributed by atoms with van der Waals surface area (Å²) in [5.74, 6) is -1.60. The Bertz CT molecular complexity index is 468. The van der Waals surface area contributed by atoms with Crippen LogP contribution in [-0.2, 0) is 0 Å². The molecular weight excluding hydrogens is 228 g/mol. The van der Waals surface area contributed by atoms with E-state index < -0.39 is 11.6 Å². The molecule has 1 N–H and O–H groups in total. The molecule has 0 aliphatic carbocycles. The van der Waals surface area contributed by atoms with Gasteiger partial charge in [-0.1, -0.05) is 12.1 Å². The molecule has 0 radical (unpaired) electrons. The number of hydrogen-bond donors (Lipinski definition) is 1. The highest BCUT2D eigenvalue weighted by atomic mass is 32.1. The Balaban J connectivity index is 2.45. The third kappa shape index (κ3) is 1.99. The maximum absolute atomic E-state index is 13.6. The fourth-order valence-electron chi connectivity index (χ4n) is 1.68. The fourth-order valence-corrected chi connectivity index (χ4v) is 2.37. The lowest BCUT2D eigenvalue weighted by molar-refractivity contribution is 0.487. The van der Waals surface area contributed by atoms with E-state index in [0.717, 1.165) is 11.6 Å². The van der Waals surface area contributed by atoms with Gasteiger partial charge >= 0.3 is 0 Å². The van der Waals surface area contributed by atoms with Gasteiger partial charge in [0, 0.05) is 5.56 Å². The molecule has 1 nitrogen and oxygen atoms in total. The summed E-state index contributed by atoms with van der Waals surface area (Å²) in [6.07, 6.45) is 0. The van der Waals surface area contributed by atoms with E-state index >= 15 is 0 Å². The average molecular weight is 239 g/mol. The highest BCUT2D eigenvalue weighted by Gasteiger charge is 2.18. The topological polar surface area (TPSA) is 12.0 Å². The van der Waals surface area contributed by atoms with Crippen molar-refractivity contribution in [3.8, 4) is 0 Å². The molecule has 1 unspecified atom stereocenters. The molecule has 0 amide bonds. The van der Waals surface area contributed by atoms with Gasteiger partial charge in [-0.05, 0) is 35.5 Å². The molecule has 0 aliphatic rings. The van der Waals surface area contributed by atoms with Crippen LogP contribution in [0.4, 0.5) is 8.78 Å². The van der Waals surface area contributed by atoms with E-state index in [1.807, 2.05) is 16.8 Å². The lowest BCUT2D eigenvalue weighted by Crippen LogP contribution is -2.18. The monoisotopic (exact) mass is 239 g/mol. The molecule has 2 rings (SSSR count). The van der Waals surface area contributed by atoms with Crippen LogP contribution >= 0.6 is 11.3 Å². The van der Waals surface area contributed by atoms with Crippen molar-refractivity contribution in [2.75, 3.05) is 7.05 Å². The third-order valence-corrected chi connectivity index (χ3v) is 3.16. The van der Waals surface area contributed by atoms with Crippen molar-refractivity contribution in [2.24, 2.45) is 0 Å². The number of thiophene rings is 1. The largest absolute Gasteiger partial charge is 0.309 e. The maximum Gasteiger partial charge on any atom is 0.163 e. The van der Waals surface area contributed by atoms with Crippen LogP contribution in [0.5, 0.6) is 0 Å². The second kappa shape index (κ2) is 4.72. The number of nitrogens with one attached hydrogen (secondary N) is 1. The smallest absolute Gasteiger partial charge is 0.163 e. The van der Waals surface area contributed by atoms with Crippen molar-refractivity contribution in [1.29, 1.82) is 0 Å². The normalized spacial score (nSPS) is 12.7. The zero-order valence-corrected chi connectivity index (χ0v) is 9.52. The summed E-state index contributed by atoms with van der Waals surface area (Å²) in [6.45, 7) is 0. The fraction of sp³-hybridized carbons (Fsp3) is 0.167. The Labute approximate surface area is 96.7 Å². The van der Waals surface area contributed by atoms with Crippen LogP contribution in [0.1, 0.15) is 17.2 Å². The lowest BCUT2D eigenvalue weighted by Gasteiger charge is -2.16. The predicted molar refractivity (Wildman–Crippen MR) is 61.6 cm³/mol. The Morgan fingerprint density at radius 2 is 2.06 bits per heavy atom. The molecular formula is C12H11F2NS. The molecule has 0 fully saturated rings. The number of rotatable bonds is 3. The first kappa shape index (κ1) is 11.2. The summed E-state index contributed by atoms with van der Waals surface area (Å²) >= 11 is 1.53. The average Bonchev–Trinajstić information content (AvgIpc) is 2.79. The van der Waals surface area contributed by atoms with Crippen LogP contribution in [0.15, 0.2) is 35.0 Å². The molecule has 1 atom stereocenters. The summed E-state index contributed by atoms with van der Waals surface area (Å²) in [5, 5.41) is 6.82. The lowest BCUT2D eigenvalue weighted by atomic mass is 10.0. The first-order valence-electron chi connectivity index (χ1n) is 4.87. The Morgan fingerprint density at radius 1 is 1.25 bits per heavy atom. The molecule has 1 aromatic carbocycles. The van der Waals surface area contributed by atoms with Crippen LogP contribution in [-0.4, -0.2) is 7.05 Å². The number of benzene rings is 1. The van der Waals surface area contributed by atoms with E-state index in [-0.39, 0.29) is 6.04 Å². The zero-order valence-electron chi connectivity index (χ0n) is 8.71. The number of hydrogen-bond acceptors (Lipinski definition) is 2. The Hall–Kier alpha value is -1.26. The van der Waals surface area contributed by atoms with Crippen molar-refractivity contribution in [2.45, 2.75) is 6.04 Å². The molecule has 0 aliphatic heterocycles. The molecule has 0 bridgehead atoms. The van der Waals surface area contributed by atoms with E-state index in [0.29, 0.717) is 5.56 Å². The second-order valence-electron chi connectivity index (χ2n) is 3.42. The summed E-state index contributed by atoms with van der Waals surface area (Å²) in [6, 6.07) is 5.83. The van der Waals surface area contributed by atoms with Gasteiger partial charge in [0.05, 0.1) is 6.04 Å². The van der Waals surface area contributed by atoms with Crippen LogP contribution in [0, 0.1) is 11.6 Å². The summed E-state index contributed by atoms with van der Waals surface area (Å²) in [4.78, 5) is 0. The second-order valence-corrected chi connectivity index (χ2v) is 4.20. The molecule has 0 saturated heterocycles. The van der Waals surface area contributed by atoms with E-state index in [1.54, 1.807) is 13.1 Å². The van der Waals surface area contributed by atoms with Crippen molar-refractivity contribution in [3.05, 3.63) is 57.8 Å². The number of halogens is 2. The van der Waals surface area contributed by atoms with Gasteiger partial charge in [0.15, 0.2) is 11.6 Å². The Kier molecular flexibility index (Phi) is 3.31. The molecule has 84 valence electrons. The third-order valence-electron chi connectivity index (χ3n) is 2.46. The van der Waals surface area contributed by atoms with E-state index in [2.05, 4.69) is 5.32 Å². The van der Waals surface area contributed by atoms with E-state index in [1.165, 1.54) is 17.4 Å². The highest BCUT2D eigenvalue weighted by molar-refractivity contribution is 7.08. The molecule has 16 heavy (non-hydrogen) atoms. The first-order valence-corrected chi connectivity index (χ1v) is 5.81. The zero-order chi connectivity index (χ0) is 11.5. The van der Waals surface area contributed by atoms with Crippen molar-refractivity contribution >= 4 is 11.3 Å².